The highest BCUT2D eigenvalue weighted by molar-refractivity contribution is 5.78. The molecule has 1 aliphatic rings. The van der Waals surface area contributed by atoms with E-state index in [0.717, 1.165) is 11.1 Å². The Labute approximate surface area is 76.7 Å². The minimum atomic E-state index is 0.0205. The first-order valence-corrected chi connectivity index (χ1v) is 4.27. The minimum absolute atomic E-state index is 0.0205. The summed E-state index contributed by atoms with van der Waals surface area (Å²) in [6, 6.07) is 7.85. The van der Waals surface area contributed by atoms with Gasteiger partial charge in [0, 0.05) is 0 Å². The lowest BCUT2D eigenvalue weighted by molar-refractivity contribution is -0.122. The molecule has 13 heavy (non-hydrogen) atoms. The highest BCUT2D eigenvalue weighted by atomic mass is 16.5. The Kier molecular flexibility index (Phi) is 2.27. The van der Waals surface area contributed by atoms with Gasteiger partial charge in [0.25, 0.3) is 0 Å². The van der Waals surface area contributed by atoms with Crippen molar-refractivity contribution in [3.63, 3.8) is 0 Å². The zero-order valence-electron chi connectivity index (χ0n) is 7.25. The third kappa shape index (κ3) is 1.87. The predicted molar refractivity (Wildman–Crippen MR) is 47.9 cm³/mol. The molecule has 0 spiro atoms. The van der Waals surface area contributed by atoms with Crippen LogP contribution in [0.5, 0.6) is 0 Å². The van der Waals surface area contributed by atoms with Crippen LogP contribution >= 0.6 is 0 Å². The fourth-order valence-electron chi connectivity index (χ4n) is 1.40. The van der Waals surface area contributed by atoms with Crippen molar-refractivity contribution < 1.29 is 9.53 Å². The lowest BCUT2D eigenvalue weighted by atomic mass is 10.0. The molecule has 0 atom stereocenters. The number of fused-ring (bicyclic) bond motifs is 1. The lowest BCUT2D eigenvalue weighted by Gasteiger charge is -2.14. The summed E-state index contributed by atoms with van der Waals surface area (Å²) >= 11 is 0. The first-order valence-electron chi connectivity index (χ1n) is 4.27. The van der Waals surface area contributed by atoms with Crippen LogP contribution in [0.4, 0.5) is 0 Å². The molecule has 2 rings (SSSR count). The Morgan fingerprint density at radius 1 is 1.23 bits per heavy atom. The van der Waals surface area contributed by atoms with Crippen LogP contribution in [0.2, 0.25) is 0 Å². The van der Waals surface area contributed by atoms with Gasteiger partial charge in [-0.1, -0.05) is 24.3 Å². The zero-order chi connectivity index (χ0) is 9.10. The molecule has 1 aromatic rings. The summed E-state index contributed by atoms with van der Waals surface area (Å²) in [6.45, 7) is 0.892. The van der Waals surface area contributed by atoms with Crippen molar-refractivity contribution in [1.82, 2.24) is 5.32 Å². The van der Waals surface area contributed by atoms with Crippen LogP contribution in [0.15, 0.2) is 24.3 Å². The van der Waals surface area contributed by atoms with Crippen molar-refractivity contribution in [2.75, 3.05) is 6.73 Å². The summed E-state index contributed by atoms with van der Waals surface area (Å²) in [5, 5.41) is 2.66. The van der Waals surface area contributed by atoms with Crippen molar-refractivity contribution in [2.45, 2.75) is 13.0 Å². The van der Waals surface area contributed by atoms with Gasteiger partial charge in [0.2, 0.25) is 5.91 Å². The molecule has 0 saturated heterocycles. The number of carbonyl (C=O) groups is 1. The maximum absolute atomic E-state index is 11.2. The Bertz CT molecular complexity index is 322. The number of hydrogen-bond donors (Lipinski definition) is 1. The van der Waals surface area contributed by atoms with Crippen LogP contribution in [0.25, 0.3) is 0 Å². The number of rotatable bonds is 0. The van der Waals surface area contributed by atoms with Crippen molar-refractivity contribution in [3.8, 4) is 0 Å². The second-order valence-electron chi connectivity index (χ2n) is 3.04. The molecule has 0 bridgehead atoms. The van der Waals surface area contributed by atoms with Gasteiger partial charge >= 0.3 is 0 Å². The number of benzene rings is 1. The minimum Gasteiger partial charge on any atom is -0.357 e. The Morgan fingerprint density at radius 3 is 2.85 bits per heavy atom. The molecule has 1 amide bonds. The summed E-state index contributed by atoms with van der Waals surface area (Å²) in [5.41, 5.74) is 2.16. The molecule has 0 saturated carbocycles. The smallest absolute Gasteiger partial charge is 0.226 e. The summed E-state index contributed by atoms with van der Waals surface area (Å²) in [4.78, 5) is 11.2. The molecule has 3 nitrogen and oxygen atoms in total. The molecule has 0 aromatic heterocycles. The number of carbonyl (C=O) groups excluding carboxylic acids is 1. The van der Waals surface area contributed by atoms with Gasteiger partial charge in [-0.25, -0.2) is 0 Å². The molecule has 0 fully saturated rings. The van der Waals surface area contributed by atoms with Gasteiger partial charge in [-0.3, -0.25) is 4.79 Å². The predicted octanol–water partition coefficient (Wildman–Crippen LogP) is 0.833. The van der Waals surface area contributed by atoms with Gasteiger partial charge in [-0.05, 0) is 11.1 Å². The van der Waals surface area contributed by atoms with E-state index in [2.05, 4.69) is 5.32 Å². The summed E-state index contributed by atoms with van der Waals surface area (Å²) < 4.78 is 5.24. The van der Waals surface area contributed by atoms with Crippen molar-refractivity contribution in [1.29, 1.82) is 0 Å². The van der Waals surface area contributed by atoms with E-state index in [4.69, 9.17) is 4.74 Å². The molecule has 1 aliphatic heterocycles. The van der Waals surface area contributed by atoms with Gasteiger partial charge < -0.3 is 10.1 Å². The van der Waals surface area contributed by atoms with E-state index >= 15 is 0 Å². The van der Waals surface area contributed by atoms with E-state index < -0.39 is 0 Å². The van der Waals surface area contributed by atoms with Crippen LogP contribution in [0, 0.1) is 0 Å². The van der Waals surface area contributed by atoms with Gasteiger partial charge in [0.15, 0.2) is 0 Å². The Balaban J connectivity index is 2.30. The first kappa shape index (κ1) is 8.26. The highest BCUT2D eigenvalue weighted by Crippen LogP contribution is 2.12. The molecule has 0 aliphatic carbocycles. The van der Waals surface area contributed by atoms with Crippen molar-refractivity contribution in [2.24, 2.45) is 0 Å². The molecular formula is C10H11NO2. The fourth-order valence-corrected chi connectivity index (χ4v) is 1.40. The fraction of sp³-hybridized carbons (Fsp3) is 0.300. The van der Waals surface area contributed by atoms with E-state index in [1.807, 2.05) is 24.3 Å². The van der Waals surface area contributed by atoms with Gasteiger partial charge in [-0.15, -0.1) is 0 Å². The van der Waals surface area contributed by atoms with E-state index in [1.165, 1.54) is 0 Å². The Morgan fingerprint density at radius 2 is 2.00 bits per heavy atom. The van der Waals surface area contributed by atoms with Gasteiger partial charge in [0.1, 0.15) is 6.73 Å². The SMILES string of the molecule is O=C1Cc2ccccc2COCN1. The Hall–Kier alpha value is -1.35. The molecule has 1 heterocycles. The van der Waals surface area contributed by atoms with E-state index in [0.29, 0.717) is 19.8 Å². The topological polar surface area (TPSA) is 38.3 Å². The molecular weight excluding hydrogens is 166 g/mol. The average Bonchev–Trinajstić information content (AvgIpc) is 2.11. The number of ether oxygens (including phenoxy) is 1. The third-order valence-electron chi connectivity index (χ3n) is 2.10. The maximum Gasteiger partial charge on any atom is 0.226 e. The summed E-state index contributed by atoms with van der Waals surface area (Å²) in [5.74, 6) is 0.0205. The van der Waals surface area contributed by atoms with Crippen LogP contribution in [0.1, 0.15) is 11.1 Å². The molecule has 3 heteroatoms. The average molecular weight is 177 g/mol. The monoisotopic (exact) mass is 177 g/mol. The lowest BCUT2D eigenvalue weighted by Crippen LogP contribution is -2.29. The van der Waals surface area contributed by atoms with Crippen LogP contribution in [0.3, 0.4) is 0 Å². The molecule has 0 unspecified atom stereocenters. The van der Waals surface area contributed by atoms with E-state index in [-0.39, 0.29) is 5.91 Å². The largest absolute Gasteiger partial charge is 0.357 e. The van der Waals surface area contributed by atoms with E-state index in [1.54, 1.807) is 0 Å². The highest BCUT2D eigenvalue weighted by Gasteiger charge is 2.10. The summed E-state index contributed by atoms with van der Waals surface area (Å²) in [7, 11) is 0. The first-order chi connectivity index (χ1) is 6.36. The third-order valence-corrected chi connectivity index (χ3v) is 2.10. The quantitative estimate of drug-likeness (QED) is 0.637. The molecule has 68 valence electrons. The van der Waals surface area contributed by atoms with Crippen molar-refractivity contribution >= 4 is 5.91 Å². The number of amides is 1. The number of hydrogen-bond acceptors (Lipinski definition) is 2. The number of nitrogens with one attached hydrogen (secondary N) is 1. The molecule has 0 radical (unpaired) electrons. The van der Waals surface area contributed by atoms with Crippen LogP contribution in [-0.4, -0.2) is 12.6 Å². The van der Waals surface area contributed by atoms with Crippen LogP contribution in [-0.2, 0) is 22.6 Å². The van der Waals surface area contributed by atoms with E-state index in [9.17, 15) is 4.79 Å². The molecule has 1 N–H and O–H groups in total. The van der Waals surface area contributed by atoms with Crippen LogP contribution < -0.4 is 5.32 Å². The zero-order valence-corrected chi connectivity index (χ0v) is 7.25. The standard InChI is InChI=1S/C10H11NO2/c12-10-5-8-3-1-2-4-9(8)6-13-7-11-10/h1-4H,5-7H2,(H,11,12). The second-order valence-corrected chi connectivity index (χ2v) is 3.04. The molecule has 1 aromatic carbocycles. The second kappa shape index (κ2) is 3.58. The normalized spacial score (nSPS) is 16.8. The maximum atomic E-state index is 11.2. The van der Waals surface area contributed by atoms with Gasteiger partial charge in [0.05, 0.1) is 13.0 Å². The van der Waals surface area contributed by atoms with Crippen molar-refractivity contribution in [3.05, 3.63) is 35.4 Å². The summed E-state index contributed by atoms with van der Waals surface area (Å²) in [6.07, 6.45) is 0.458. The van der Waals surface area contributed by atoms with Gasteiger partial charge in [-0.2, -0.15) is 0 Å².